The Morgan fingerprint density at radius 1 is 0.806 bits per heavy atom. The van der Waals surface area contributed by atoms with Crippen LogP contribution in [0.2, 0.25) is 0 Å². The first-order valence-electron chi connectivity index (χ1n) is 11.4. The lowest BCUT2D eigenvalue weighted by Gasteiger charge is -2.10. The Morgan fingerprint density at radius 3 is 2.06 bits per heavy atom. The Hall–Kier alpha value is -4.72. The molecule has 36 heavy (non-hydrogen) atoms. The van der Waals surface area contributed by atoms with Gasteiger partial charge in [-0.2, -0.15) is 0 Å². The SMILES string of the molecule is CCCc1c(C(=O)O)n(C(=O)c2ccccc2)c(=O)n1Cc1ccc(-c2ccccc2C(=O)O)cc1. The van der Waals surface area contributed by atoms with Crippen LogP contribution in [0.25, 0.3) is 11.1 Å². The van der Waals surface area contributed by atoms with Crippen molar-refractivity contribution >= 4 is 17.8 Å². The Kier molecular flexibility index (Phi) is 6.96. The summed E-state index contributed by atoms with van der Waals surface area (Å²) in [6.07, 6.45) is 0.879. The average Bonchev–Trinajstić information content (AvgIpc) is 3.16. The molecule has 0 aliphatic carbocycles. The van der Waals surface area contributed by atoms with E-state index in [1.165, 1.54) is 22.8 Å². The first-order valence-corrected chi connectivity index (χ1v) is 11.4. The van der Waals surface area contributed by atoms with Gasteiger partial charge in [0.2, 0.25) is 0 Å². The summed E-state index contributed by atoms with van der Waals surface area (Å²) in [5.41, 5.74) is 1.58. The van der Waals surface area contributed by atoms with Gasteiger partial charge in [-0.05, 0) is 41.3 Å². The van der Waals surface area contributed by atoms with Gasteiger partial charge in [0.05, 0.1) is 17.8 Å². The zero-order valence-electron chi connectivity index (χ0n) is 19.5. The van der Waals surface area contributed by atoms with Crippen molar-refractivity contribution in [1.29, 1.82) is 0 Å². The lowest BCUT2D eigenvalue weighted by molar-refractivity contribution is 0.0671. The summed E-state index contributed by atoms with van der Waals surface area (Å²) in [5, 5.41) is 19.4. The lowest BCUT2D eigenvalue weighted by Crippen LogP contribution is -2.31. The second kappa shape index (κ2) is 10.3. The van der Waals surface area contributed by atoms with Gasteiger partial charge in [-0.1, -0.05) is 74.0 Å². The Labute approximate surface area is 206 Å². The molecule has 0 aliphatic rings. The normalized spacial score (nSPS) is 10.8. The maximum absolute atomic E-state index is 13.4. The fraction of sp³-hybridized carbons (Fsp3) is 0.143. The fourth-order valence-electron chi connectivity index (χ4n) is 4.25. The first-order chi connectivity index (χ1) is 17.3. The molecular formula is C28H24N2O6. The van der Waals surface area contributed by atoms with E-state index in [1.807, 2.05) is 6.92 Å². The van der Waals surface area contributed by atoms with E-state index >= 15 is 0 Å². The van der Waals surface area contributed by atoms with Crippen molar-refractivity contribution in [1.82, 2.24) is 9.13 Å². The minimum Gasteiger partial charge on any atom is -0.478 e. The number of carbonyl (C=O) groups is 3. The number of hydrogen-bond donors (Lipinski definition) is 2. The highest BCUT2D eigenvalue weighted by Gasteiger charge is 2.28. The zero-order valence-corrected chi connectivity index (χ0v) is 19.5. The van der Waals surface area contributed by atoms with E-state index in [-0.39, 0.29) is 29.1 Å². The molecule has 4 aromatic rings. The van der Waals surface area contributed by atoms with Gasteiger partial charge in [-0.3, -0.25) is 9.36 Å². The summed E-state index contributed by atoms with van der Waals surface area (Å²) in [6, 6.07) is 21.8. The van der Waals surface area contributed by atoms with Crippen LogP contribution < -0.4 is 5.69 Å². The monoisotopic (exact) mass is 484 g/mol. The topological polar surface area (TPSA) is 119 Å². The molecule has 0 bridgehead atoms. The fourth-order valence-corrected chi connectivity index (χ4v) is 4.25. The van der Waals surface area contributed by atoms with Gasteiger partial charge in [0.1, 0.15) is 0 Å². The van der Waals surface area contributed by atoms with Gasteiger partial charge in [-0.15, -0.1) is 0 Å². The Balaban J connectivity index is 1.77. The van der Waals surface area contributed by atoms with Crippen molar-refractivity contribution in [3.63, 3.8) is 0 Å². The molecule has 0 unspecified atom stereocenters. The molecule has 182 valence electrons. The molecule has 0 radical (unpaired) electrons. The Bertz CT molecular complexity index is 1500. The molecule has 0 amide bonds. The predicted molar refractivity (Wildman–Crippen MR) is 134 cm³/mol. The molecule has 8 nitrogen and oxygen atoms in total. The molecule has 3 aromatic carbocycles. The van der Waals surface area contributed by atoms with Gasteiger partial charge in [0.15, 0.2) is 5.69 Å². The van der Waals surface area contributed by atoms with E-state index in [9.17, 15) is 29.4 Å². The van der Waals surface area contributed by atoms with E-state index in [0.29, 0.717) is 29.5 Å². The van der Waals surface area contributed by atoms with Crippen LogP contribution in [-0.4, -0.2) is 37.2 Å². The third-order valence-electron chi connectivity index (χ3n) is 5.92. The second-order valence-electron chi connectivity index (χ2n) is 8.27. The number of hydrogen-bond acceptors (Lipinski definition) is 4. The van der Waals surface area contributed by atoms with Crippen molar-refractivity contribution in [2.75, 3.05) is 0 Å². The maximum atomic E-state index is 13.4. The van der Waals surface area contributed by atoms with Crippen LogP contribution in [0.5, 0.6) is 0 Å². The summed E-state index contributed by atoms with van der Waals surface area (Å²) in [5.74, 6) is -3.08. The van der Waals surface area contributed by atoms with Crippen molar-refractivity contribution in [3.05, 3.63) is 117 Å². The van der Waals surface area contributed by atoms with Crippen molar-refractivity contribution in [2.24, 2.45) is 0 Å². The minimum atomic E-state index is -1.35. The third kappa shape index (κ3) is 4.61. The highest BCUT2D eigenvalue weighted by molar-refractivity contribution is 6.01. The smallest absolute Gasteiger partial charge is 0.354 e. The number of aromatic carboxylic acids is 2. The summed E-state index contributed by atoms with van der Waals surface area (Å²) < 4.78 is 2.06. The highest BCUT2D eigenvalue weighted by atomic mass is 16.4. The first kappa shape index (κ1) is 24.4. The van der Waals surface area contributed by atoms with Crippen LogP contribution in [-0.2, 0) is 13.0 Å². The standard InChI is InChI=1S/C28H24N2O6/c1-2-8-23-24(27(34)35)30(25(31)20-9-4-3-5-10-20)28(36)29(23)17-18-13-15-19(16-14-18)21-11-6-7-12-22(21)26(32)33/h3-7,9-16H,2,8,17H2,1H3,(H,32,33)(H,34,35). The number of carbonyl (C=O) groups excluding carboxylic acids is 1. The number of nitrogens with zero attached hydrogens (tertiary/aromatic N) is 2. The van der Waals surface area contributed by atoms with Crippen LogP contribution in [0, 0.1) is 0 Å². The van der Waals surface area contributed by atoms with E-state index in [1.54, 1.807) is 60.7 Å². The van der Waals surface area contributed by atoms with Gasteiger partial charge in [-0.25, -0.2) is 19.0 Å². The van der Waals surface area contributed by atoms with Crippen LogP contribution >= 0.6 is 0 Å². The molecule has 0 saturated carbocycles. The number of carboxylic acids is 2. The highest BCUT2D eigenvalue weighted by Crippen LogP contribution is 2.25. The van der Waals surface area contributed by atoms with E-state index in [2.05, 4.69) is 0 Å². The predicted octanol–water partition coefficient (Wildman–Crippen LogP) is 4.40. The molecule has 4 rings (SSSR count). The molecule has 8 heteroatoms. The molecular weight excluding hydrogens is 460 g/mol. The number of rotatable bonds is 8. The number of benzene rings is 3. The molecule has 0 fully saturated rings. The molecule has 2 N–H and O–H groups in total. The molecule has 0 spiro atoms. The summed E-state index contributed by atoms with van der Waals surface area (Å²) in [7, 11) is 0. The van der Waals surface area contributed by atoms with Gasteiger partial charge < -0.3 is 10.2 Å². The van der Waals surface area contributed by atoms with E-state index in [0.717, 1.165) is 4.57 Å². The van der Waals surface area contributed by atoms with Gasteiger partial charge in [0, 0.05) is 5.56 Å². The van der Waals surface area contributed by atoms with E-state index in [4.69, 9.17) is 0 Å². The lowest BCUT2D eigenvalue weighted by atomic mass is 9.99. The van der Waals surface area contributed by atoms with Crippen LogP contribution in [0.4, 0.5) is 0 Å². The van der Waals surface area contributed by atoms with E-state index < -0.39 is 23.5 Å². The number of aromatic nitrogens is 2. The van der Waals surface area contributed by atoms with Crippen molar-refractivity contribution in [3.8, 4) is 11.1 Å². The van der Waals surface area contributed by atoms with Crippen molar-refractivity contribution in [2.45, 2.75) is 26.3 Å². The minimum absolute atomic E-state index is 0.0599. The molecule has 0 saturated heterocycles. The molecule has 1 heterocycles. The largest absolute Gasteiger partial charge is 0.478 e. The molecule has 1 aromatic heterocycles. The number of carboxylic acid groups (broad SMARTS) is 2. The average molecular weight is 485 g/mol. The quantitative estimate of drug-likeness (QED) is 0.383. The second-order valence-corrected chi connectivity index (χ2v) is 8.27. The molecule has 0 atom stereocenters. The van der Waals surface area contributed by atoms with Gasteiger partial charge >= 0.3 is 17.6 Å². The Morgan fingerprint density at radius 2 is 1.44 bits per heavy atom. The summed E-state index contributed by atoms with van der Waals surface area (Å²) >= 11 is 0. The van der Waals surface area contributed by atoms with Crippen LogP contribution in [0.3, 0.4) is 0 Å². The number of imidazole rings is 1. The van der Waals surface area contributed by atoms with Crippen LogP contribution in [0.1, 0.15) is 55.8 Å². The molecule has 0 aliphatic heterocycles. The zero-order chi connectivity index (χ0) is 25.8. The van der Waals surface area contributed by atoms with Gasteiger partial charge in [0.25, 0.3) is 5.91 Å². The third-order valence-corrected chi connectivity index (χ3v) is 5.92. The summed E-state index contributed by atoms with van der Waals surface area (Å²) in [4.78, 5) is 50.3. The van der Waals surface area contributed by atoms with Crippen LogP contribution in [0.15, 0.2) is 83.7 Å². The summed E-state index contributed by atoms with van der Waals surface area (Å²) in [6.45, 7) is 1.93. The van der Waals surface area contributed by atoms with Crippen molar-refractivity contribution < 1.29 is 24.6 Å². The maximum Gasteiger partial charge on any atom is 0.354 e.